The van der Waals surface area contributed by atoms with Gasteiger partial charge in [-0.25, -0.2) is 0 Å². The van der Waals surface area contributed by atoms with Crippen molar-refractivity contribution < 1.29 is 9.53 Å². The van der Waals surface area contributed by atoms with Gasteiger partial charge in [0.2, 0.25) is 0 Å². The summed E-state index contributed by atoms with van der Waals surface area (Å²) in [6.07, 6.45) is 1.71. The predicted molar refractivity (Wildman–Crippen MR) is 71.0 cm³/mol. The summed E-state index contributed by atoms with van der Waals surface area (Å²) in [4.78, 5) is 12.4. The van der Waals surface area contributed by atoms with Gasteiger partial charge in [-0.05, 0) is 24.5 Å². The molecule has 1 aliphatic heterocycles. The maximum atomic E-state index is 12.4. The summed E-state index contributed by atoms with van der Waals surface area (Å²) < 4.78 is 6.13. The number of benzene rings is 1. The molecule has 1 saturated heterocycles. The smallest absolute Gasteiger partial charge is 0.159 e. The second-order valence-electron chi connectivity index (χ2n) is 4.40. The molecule has 2 unspecified atom stereocenters. The first kappa shape index (κ1) is 13.3. The highest BCUT2D eigenvalue weighted by Gasteiger charge is 2.30. The van der Waals surface area contributed by atoms with Crippen molar-refractivity contribution >= 4 is 21.7 Å². The lowest BCUT2D eigenvalue weighted by molar-refractivity contribution is -0.127. The van der Waals surface area contributed by atoms with Crippen LogP contribution in [0, 0.1) is 17.2 Å². The number of nitriles is 1. The highest BCUT2D eigenvalue weighted by atomic mass is 79.9. The number of ether oxygens (including phenoxy) is 1. The molecule has 0 spiro atoms. The number of hydrogen-bond donors (Lipinski definition) is 0. The number of ketones is 1. The lowest BCUT2D eigenvalue weighted by atomic mass is 9.85. The lowest BCUT2D eigenvalue weighted by Gasteiger charge is -2.23. The van der Waals surface area contributed by atoms with Crippen molar-refractivity contribution in [2.45, 2.75) is 18.8 Å². The molecule has 0 amide bonds. The zero-order valence-electron chi connectivity index (χ0n) is 9.93. The minimum Gasteiger partial charge on any atom is -0.381 e. The molecule has 1 fully saturated rings. The molecule has 0 saturated carbocycles. The first-order valence-electron chi connectivity index (χ1n) is 5.99. The predicted octanol–water partition coefficient (Wildman–Crippen LogP) is 3.05. The van der Waals surface area contributed by atoms with Gasteiger partial charge in [-0.3, -0.25) is 4.79 Å². The van der Waals surface area contributed by atoms with Gasteiger partial charge in [-0.2, -0.15) is 5.26 Å². The Kier molecular flexibility index (Phi) is 4.51. The van der Waals surface area contributed by atoms with Gasteiger partial charge in [0.05, 0.1) is 12.7 Å². The molecule has 1 aliphatic rings. The Morgan fingerprint density at radius 2 is 2.28 bits per heavy atom. The normalized spacial score (nSPS) is 21.0. The van der Waals surface area contributed by atoms with E-state index in [-0.39, 0.29) is 11.7 Å². The minimum absolute atomic E-state index is 0.0240. The van der Waals surface area contributed by atoms with Crippen LogP contribution in [0.4, 0.5) is 0 Å². The molecular weight excluding hydrogens is 294 g/mol. The molecule has 0 radical (unpaired) electrons. The Bertz CT molecular complexity index is 475. The second kappa shape index (κ2) is 6.12. The summed E-state index contributed by atoms with van der Waals surface area (Å²) in [5.41, 5.74) is 0.746. The first-order valence-corrected chi connectivity index (χ1v) is 6.79. The molecule has 0 aliphatic carbocycles. The van der Waals surface area contributed by atoms with Gasteiger partial charge in [-0.15, -0.1) is 0 Å². The van der Waals surface area contributed by atoms with E-state index in [9.17, 15) is 10.1 Å². The summed E-state index contributed by atoms with van der Waals surface area (Å²) in [7, 11) is 0. The van der Waals surface area contributed by atoms with Crippen LogP contribution >= 0.6 is 15.9 Å². The summed E-state index contributed by atoms with van der Waals surface area (Å²) in [6, 6.07) is 9.51. The van der Waals surface area contributed by atoms with Crippen LogP contribution in [0.25, 0.3) is 0 Å². The average molecular weight is 308 g/mol. The maximum absolute atomic E-state index is 12.4. The van der Waals surface area contributed by atoms with E-state index in [4.69, 9.17) is 4.74 Å². The third-order valence-corrected chi connectivity index (χ3v) is 3.91. The van der Waals surface area contributed by atoms with Crippen molar-refractivity contribution in [3.8, 4) is 6.07 Å². The Labute approximate surface area is 115 Å². The lowest BCUT2D eigenvalue weighted by Crippen LogP contribution is -2.29. The summed E-state index contributed by atoms with van der Waals surface area (Å²) in [5.74, 6) is -0.869. The highest BCUT2D eigenvalue weighted by Crippen LogP contribution is 2.29. The van der Waals surface area contributed by atoms with Crippen molar-refractivity contribution in [1.29, 1.82) is 5.26 Å². The third kappa shape index (κ3) is 2.80. The van der Waals surface area contributed by atoms with Crippen molar-refractivity contribution in [1.82, 2.24) is 0 Å². The molecule has 1 aromatic rings. The molecule has 4 heteroatoms. The highest BCUT2D eigenvalue weighted by molar-refractivity contribution is 9.10. The maximum Gasteiger partial charge on any atom is 0.159 e. The van der Waals surface area contributed by atoms with Gasteiger partial charge in [0, 0.05) is 17.0 Å². The summed E-state index contributed by atoms with van der Waals surface area (Å²) in [5, 5.41) is 9.27. The number of rotatable bonds is 3. The topological polar surface area (TPSA) is 50.1 Å². The number of carbonyl (C=O) groups excluding carboxylic acids is 1. The van der Waals surface area contributed by atoms with E-state index < -0.39 is 5.92 Å². The van der Waals surface area contributed by atoms with Crippen LogP contribution in [0.5, 0.6) is 0 Å². The number of Topliss-reactive ketones (excluding diaryl/α,β-unsaturated/α-hetero) is 1. The van der Waals surface area contributed by atoms with Gasteiger partial charge >= 0.3 is 0 Å². The summed E-state index contributed by atoms with van der Waals surface area (Å²) in [6.45, 7) is 1.16. The van der Waals surface area contributed by atoms with Crippen LogP contribution in [-0.2, 0) is 9.53 Å². The Morgan fingerprint density at radius 1 is 1.50 bits per heavy atom. The molecule has 0 aromatic heterocycles. The minimum atomic E-state index is -0.702. The van der Waals surface area contributed by atoms with Crippen LogP contribution in [0.3, 0.4) is 0 Å². The fourth-order valence-electron chi connectivity index (χ4n) is 2.20. The number of halogens is 1. The molecule has 0 bridgehead atoms. The molecule has 2 rings (SSSR count). The van der Waals surface area contributed by atoms with Crippen LogP contribution < -0.4 is 0 Å². The SMILES string of the molecule is N#CC(C(=O)C1CCCOC1)c1ccccc1Br. The average Bonchev–Trinajstić information content (AvgIpc) is 2.42. The molecule has 1 aromatic carbocycles. The number of hydrogen-bond acceptors (Lipinski definition) is 3. The molecule has 3 nitrogen and oxygen atoms in total. The zero-order valence-corrected chi connectivity index (χ0v) is 11.5. The molecule has 18 heavy (non-hydrogen) atoms. The molecule has 94 valence electrons. The monoisotopic (exact) mass is 307 g/mol. The van der Waals surface area contributed by atoms with Gasteiger partial charge in [0.15, 0.2) is 5.78 Å². The van der Waals surface area contributed by atoms with E-state index in [1.807, 2.05) is 24.3 Å². The second-order valence-corrected chi connectivity index (χ2v) is 5.25. The zero-order chi connectivity index (χ0) is 13.0. The van der Waals surface area contributed by atoms with Gasteiger partial charge in [0.25, 0.3) is 0 Å². The standard InChI is InChI=1S/C14H14BrNO2/c15-13-6-2-1-5-11(13)12(8-16)14(17)10-4-3-7-18-9-10/h1-2,5-6,10,12H,3-4,7,9H2. The van der Waals surface area contributed by atoms with Gasteiger partial charge in [-0.1, -0.05) is 34.1 Å². The quantitative estimate of drug-likeness (QED) is 0.862. The van der Waals surface area contributed by atoms with Crippen LogP contribution in [0.15, 0.2) is 28.7 Å². The van der Waals surface area contributed by atoms with E-state index in [1.54, 1.807) is 0 Å². The summed E-state index contributed by atoms with van der Waals surface area (Å²) >= 11 is 3.40. The van der Waals surface area contributed by atoms with Crippen molar-refractivity contribution in [2.24, 2.45) is 5.92 Å². The van der Waals surface area contributed by atoms with Gasteiger partial charge in [0.1, 0.15) is 5.92 Å². The Hall–Kier alpha value is -1.18. The van der Waals surface area contributed by atoms with Crippen molar-refractivity contribution in [2.75, 3.05) is 13.2 Å². The fourth-order valence-corrected chi connectivity index (χ4v) is 2.71. The number of carbonyl (C=O) groups is 1. The number of nitrogens with zero attached hydrogens (tertiary/aromatic N) is 1. The largest absolute Gasteiger partial charge is 0.381 e. The van der Waals surface area contributed by atoms with Crippen molar-refractivity contribution in [3.63, 3.8) is 0 Å². The van der Waals surface area contributed by atoms with E-state index >= 15 is 0 Å². The third-order valence-electron chi connectivity index (χ3n) is 3.19. The van der Waals surface area contributed by atoms with Crippen molar-refractivity contribution in [3.05, 3.63) is 34.3 Å². The fraction of sp³-hybridized carbons (Fsp3) is 0.429. The van der Waals surface area contributed by atoms with Crippen LogP contribution in [-0.4, -0.2) is 19.0 Å². The first-order chi connectivity index (χ1) is 8.74. The van der Waals surface area contributed by atoms with E-state index in [0.717, 1.165) is 29.5 Å². The Morgan fingerprint density at radius 3 is 2.89 bits per heavy atom. The van der Waals surface area contributed by atoms with Crippen LogP contribution in [0.1, 0.15) is 24.3 Å². The molecule has 2 atom stereocenters. The van der Waals surface area contributed by atoms with E-state index in [1.165, 1.54) is 0 Å². The van der Waals surface area contributed by atoms with Gasteiger partial charge < -0.3 is 4.74 Å². The Balaban J connectivity index is 2.21. The van der Waals surface area contributed by atoms with E-state index in [0.29, 0.717) is 6.61 Å². The van der Waals surface area contributed by atoms with E-state index in [2.05, 4.69) is 22.0 Å². The molecular formula is C14H14BrNO2. The molecule has 1 heterocycles. The molecule has 0 N–H and O–H groups in total. The van der Waals surface area contributed by atoms with Crippen LogP contribution in [0.2, 0.25) is 0 Å².